The highest BCUT2D eigenvalue weighted by Gasteiger charge is 2.32. The van der Waals surface area contributed by atoms with E-state index in [9.17, 15) is 9.59 Å². The minimum Gasteiger partial charge on any atom is -0.485 e. The van der Waals surface area contributed by atoms with Gasteiger partial charge >= 0.3 is 5.97 Å². The van der Waals surface area contributed by atoms with Crippen molar-refractivity contribution in [2.45, 2.75) is 31.9 Å². The lowest BCUT2D eigenvalue weighted by molar-refractivity contribution is -0.134. The molecule has 2 atom stereocenters. The molecule has 0 aliphatic carbocycles. The molecule has 24 heavy (non-hydrogen) atoms. The van der Waals surface area contributed by atoms with E-state index in [0.717, 1.165) is 0 Å². The van der Waals surface area contributed by atoms with Crippen LogP contribution in [0.2, 0.25) is 0 Å². The maximum atomic E-state index is 11.9. The second-order valence-electron chi connectivity index (χ2n) is 5.44. The van der Waals surface area contributed by atoms with Crippen LogP contribution in [0.5, 0.6) is 11.5 Å². The number of carbonyl (C=O) groups is 2. The average Bonchev–Trinajstić information content (AvgIpc) is 2.96. The van der Waals surface area contributed by atoms with Crippen LogP contribution in [0.25, 0.3) is 0 Å². The van der Waals surface area contributed by atoms with E-state index in [1.54, 1.807) is 44.1 Å². The Bertz CT molecular complexity index is 555. The number of rotatable bonds is 5. The van der Waals surface area contributed by atoms with E-state index in [4.69, 9.17) is 9.47 Å². The van der Waals surface area contributed by atoms with E-state index >= 15 is 0 Å². The third-order valence-corrected chi connectivity index (χ3v) is 3.48. The van der Waals surface area contributed by atoms with Gasteiger partial charge in [0.05, 0.1) is 6.04 Å². The first-order chi connectivity index (χ1) is 10.5. The molecule has 8 heteroatoms. The summed E-state index contributed by atoms with van der Waals surface area (Å²) < 4.78 is 11.2. The molecule has 0 saturated carbocycles. The van der Waals surface area contributed by atoms with Gasteiger partial charge < -0.3 is 19.7 Å². The van der Waals surface area contributed by atoms with Gasteiger partial charge in [0.2, 0.25) is 5.91 Å². The molecule has 0 bridgehead atoms. The van der Waals surface area contributed by atoms with Crippen LogP contribution in [0.3, 0.4) is 0 Å². The second kappa shape index (κ2) is 10.4. The fourth-order valence-electron chi connectivity index (χ4n) is 2.30. The maximum absolute atomic E-state index is 11.9. The van der Waals surface area contributed by atoms with Crippen LogP contribution >= 0.6 is 24.8 Å². The molecule has 0 spiro atoms. The topological polar surface area (TPSA) is 67.9 Å². The SMILES string of the molecule is CCC(=O)Oc1ccccc1O[C@@H]1CN[C@H](C(=O)N(C)C)C1.Cl.Cl. The smallest absolute Gasteiger partial charge is 0.311 e. The van der Waals surface area contributed by atoms with Gasteiger partial charge in [0, 0.05) is 33.5 Å². The lowest BCUT2D eigenvalue weighted by atomic mass is 10.2. The molecule has 136 valence electrons. The zero-order chi connectivity index (χ0) is 16.1. The van der Waals surface area contributed by atoms with Gasteiger partial charge in [0.25, 0.3) is 0 Å². The number of carbonyl (C=O) groups excluding carboxylic acids is 2. The Labute approximate surface area is 154 Å². The highest BCUT2D eigenvalue weighted by atomic mass is 35.5. The van der Waals surface area contributed by atoms with Crippen molar-refractivity contribution < 1.29 is 19.1 Å². The predicted molar refractivity (Wildman–Crippen MR) is 96.4 cm³/mol. The highest BCUT2D eigenvalue weighted by Crippen LogP contribution is 2.29. The Hall–Kier alpha value is -1.50. The van der Waals surface area contributed by atoms with Crippen molar-refractivity contribution >= 4 is 36.7 Å². The number of likely N-dealkylation sites (N-methyl/N-ethyl adjacent to an activating group) is 1. The van der Waals surface area contributed by atoms with E-state index in [-0.39, 0.29) is 48.8 Å². The maximum Gasteiger partial charge on any atom is 0.311 e. The standard InChI is InChI=1S/C16H22N2O4.2ClH/c1-4-15(19)22-14-8-6-5-7-13(14)21-11-9-12(17-10-11)16(20)18(2)3;;/h5-8,11-12,17H,4,9-10H2,1-3H3;2*1H/t11-,12-;;/m0../s1. The van der Waals surface area contributed by atoms with E-state index in [1.807, 2.05) is 6.07 Å². The van der Waals surface area contributed by atoms with E-state index in [1.165, 1.54) is 0 Å². The van der Waals surface area contributed by atoms with E-state index < -0.39 is 0 Å². The molecule has 1 amide bonds. The molecule has 6 nitrogen and oxygen atoms in total. The van der Waals surface area contributed by atoms with Crippen molar-refractivity contribution in [1.29, 1.82) is 0 Å². The normalized spacial score (nSPS) is 18.8. The molecular formula is C16H24Cl2N2O4. The lowest BCUT2D eigenvalue weighted by Gasteiger charge is -2.17. The number of amides is 1. The molecule has 1 N–H and O–H groups in total. The zero-order valence-electron chi connectivity index (χ0n) is 14.0. The number of ether oxygens (including phenoxy) is 2. The Balaban J connectivity index is 0.00000264. The van der Waals surface area contributed by atoms with Gasteiger partial charge in [-0.25, -0.2) is 0 Å². The summed E-state index contributed by atoms with van der Waals surface area (Å²) in [7, 11) is 3.47. The monoisotopic (exact) mass is 378 g/mol. The molecule has 1 aliphatic rings. The van der Waals surface area contributed by atoms with Gasteiger partial charge in [0.15, 0.2) is 11.5 Å². The van der Waals surface area contributed by atoms with Crippen LogP contribution in [0.4, 0.5) is 0 Å². The van der Waals surface area contributed by atoms with E-state index in [0.29, 0.717) is 30.9 Å². The molecule has 0 radical (unpaired) electrons. The summed E-state index contributed by atoms with van der Waals surface area (Å²) >= 11 is 0. The second-order valence-corrected chi connectivity index (χ2v) is 5.44. The minimum absolute atomic E-state index is 0. The molecule has 1 saturated heterocycles. The van der Waals surface area contributed by atoms with Crippen LogP contribution in [-0.2, 0) is 9.59 Å². The molecule has 1 aromatic carbocycles. The molecule has 1 aliphatic heterocycles. The largest absolute Gasteiger partial charge is 0.485 e. The first-order valence-corrected chi connectivity index (χ1v) is 7.42. The van der Waals surface area contributed by atoms with Crippen molar-refractivity contribution in [1.82, 2.24) is 10.2 Å². The van der Waals surface area contributed by atoms with Gasteiger partial charge in [0.1, 0.15) is 6.10 Å². The van der Waals surface area contributed by atoms with Gasteiger partial charge in [-0.05, 0) is 12.1 Å². The number of hydrogen-bond donors (Lipinski definition) is 1. The molecule has 0 aromatic heterocycles. The molecule has 2 rings (SSSR count). The van der Waals surface area contributed by atoms with Crippen LogP contribution in [0.15, 0.2) is 24.3 Å². The zero-order valence-corrected chi connectivity index (χ0v) is 15.6. The van der Waals surface area contributed by atoms with Crippen molar-refractivity contribution in [2.24, 2.45) is 0 Å². The summed E-state index contributed by atoms with van der Waals surface area (Å²) in [5.41, 5.74) is 0. The van der Waals surface area contributed by atoms with Crippen LogP contribution in [-0.4, -0.2) is 49.6 Å². The Morgan fingerprint density at radius 2 is 1.83 bits per heavy atom. The third kappa shape index (κ3) is 5.85. The Morgan fingerprint density at radius 3 is 2.42 bits per heavy atom. The minimum atomic E-state index is -0.304. The summed E-state index contributed by atoms with van der Waals surface area (Å²) in [5, 5.41) is 3.16. The number of halogens is 2. The van der Waals surface area contributed by atoms with Crippen LogP contribution in [0, 0.1) is 0 Å². The predicted octanol–water partition coefficient (Wildman–Crippen LogP) is 2.04. The summed E-state index contributed by atoms with van der Waals surface area (Å²) in [6, 6.07) is 6.85. The Morgan fingerprint density at radius 1 is 1.21 bits per heavy atom. The first kappa shape index (κ1) is 22.5. The third-order valence-electron chi connectivity index (χ3n) is 3.48. The molecule has 1 heterocycles. The van der Waals surface area contributed by atoms with Crippen LogP contribution in [0.1, 0.15) is 19.8 Å². The number of esters is 1. The van der Waals surface area contributed by atoms with E-state index in [2.05, 4.69) is 5.32 Å². The lowest BCUT2D eigenvalue weighted by Crippen LogP contribution is -2.39. The summed E-state index contributed by atoms with van der Waals surface area (Å²) in [6.45, 7) is 2.32. The number of nitrogens with zero attached hydrogens (tertiary/aromatic N) is 1. The summed E-state index contributed by atoms with van der Waals surface area (Å²) in [5.74, 6) is 0.670. The molecule has 0 unspecified atom stereocenters. The fourth-order valence-corrected chi connectivity index (χ4v) is 2.30. The molecular weight excluding hydrogens is 355 g/mol. The van der Waals surface area contributed by atoms with Gasteiger partial charge in [-0.2, -0.15) is 0 Å². The number of para-hydroxylation sites is 2. The highest BCUT2D eigenvalue weighted by molar-refractivity contribution is 5.85. The summed E-state index contributed by atoms with van der Waals surface area (Å²) in [6.07, 6.45) is 0.765. The number of benzene rings is 1. The molecule has 1 fully saturated rings. The van der Waals surface area contributed by atoms with Crippen molar-refractivity contribution in [3.05, 3.63) is 24.3 Å². The quantitative estimate of drug-likeness (QED) is 0.627. The van der Waals surface area contributed by atoms with Gasteiger partial charge in [-0.15, -0.1) is 24.8 Å². The van der Waals surface area contributed by atoms with Gasteiger partial charge in [-0.1, -0.05) is 19.1 Å². The summed E-state index contributed by atoms with van der Waals surface area (Å²) in [4.78, 5) is 24.9. The number of hydrogen-bond acceptors (Lipinski definition) is 5. The fraction of sp³-hybridized carbons (Fsp3) is 0.500. The van der Waals surface area contributed by atoms with Crippen molar-refractivity contribution in [3.8, 4) is 11.5 Å². The van der Waals surface area contributed by atoms with Crippen LogP contribution < -0.4 is 14.8 Å². The average molecular weight is 379 g/mol. The van der Waals surface area contributed by atoms with Gasteiger partial charge in [-0.3, -0.25) is 9.59 Å². The number of nitrogens with one attached hydrogen (secondary N) is 1. The van der Waals surface area contributed by atoms with Crippen molar-refractivity contribution in [3.63, 3.8) is 0 Å². The first-order valence-electron chi connectivity index (χ1n) is 7.42. The van der Waals surface area contributed by atoms with Crippen molar-refractivity contribution in [2.75, 3.05) is 20.6 Å². The molecule has 1 aromatic rings. The Kier molecular flexibility index (Phi) is 9.73.